The molecule has 3 nitrogen and oxygen atoms in total. The van der Waals surface area contributed by atoms with Crippen LogP contribution in [0.25, 0.3) is 0 Å². The Hall–Kier alpha value is -0.570. The Labute approximate surface area is 106 Å². The normalized spacial score (nSPS) is 14.5. The number of carbonyl (C=O) groups is 1. The standard InChI is InChI=1S/C14H29NO2/c1-7-8-14(5,6)10-11(15)9-12(16)17-13(2,3)4/h11H,7-10,15H2,1-6H3. The van der Waals surface area contributed by atoms with Crippen LogP contribution in [0.5, 0.6) is 0 Å². The van der Waals surface area contributed by atoms with Gasteiger partial charge in [-0.25, -0.2) is 0 Å². The molecule has 0 saturated heterocycles. The predicted octanol–water partition coefficient (Wildman–Crippen LogP) is 3.26. The number of hydrogen-bond acceptors (Lipinski definition) is 3. The van der Waals surface area contributed by atoms with Crippen molar-refractivity contribution in [2.45, 2.75) is 78.9 Å². The minimum Gasteiger partial charge on any atom is -0.460 e. The molecular formula is C14H29NO2. The lowest BCUT2D eigenvalue weighted by molar-refractivity contribution is -0.155. The largest absolute Gasteiger partial charge is 0.460 e. The van der Waals surface area contributed by atoms with E-state index in [0.717, 1.165) is 19.3 Å². The van der Waals surface area contributed by atoms with Crippen LogP contribution in [-0.2, 0) is 9.53 Å². The van der Waals surface area contributed by atoms with Crippen LogP contribution < -0.4 is 5.73 Å². The van der Waals surface area contributed by atoms with Crippen LogP contribution in [0, 0.1) is 5.41 Å². The second kappa shape index (κ2) is 6.39. The van der Waals surface area contributed by atoms with Crippen LogP contribution >= 0.6 is 0 Å². The zero-order valence-electron chi connectivity index (χ0n) is 12.3. The van der Waals surface area contributed by atoms with E-state index in [0.29, 0.717) is 6.42 Å². The summed E-state index contributed by atoms with van der Waals surface area (Å²) in [6.07, 6.45) is 3.45. The molecule has 0 bridgehead atoms. The fourth-order valence-corrected chi connectivity index (χ4v) is 2.16. The molecule has 1 atom stereocenters. The van der Waals surface area contributed by atoms with Crippen LogP contribution in [-0.4, -0.2) is 17.6 Å². The van der Waals surface area contributed by atoms with Gasteiger partial charge in [0.1, 0.15) is 5.60 Å². The maximum absolute atomic E-state index is 11.6. The fourth-order valence-electron chi connectivity index (χ4n) is 2.16. The highest BCUT2D eigenvalue weighted by molar-refractivity contribution is 5.70. The molecule has 3 heteroatoms. The number of esters is 1. The highest BCUT2D eigenvalue weighted by Gasteiger charge is 2.24. The second-order valence-corrected chi connectivity index (χ2v) is 6.67. The molecular weight excluding hydrogens is 214 g/mol. The number of nitrogens with two attached hydrogens (primary N) is 1. The Balaban J connectivity index is 4.10. The number of rotatable bonds is 6. The monoisotopic (exact) mass is 243 g/mol. The first-order valence-corrected chi connectivity index (χ1v) is 6.53. The second-order valence-electron chi connectivity index (χ2n) is 6.67. The third kappa shape index (κ3) is 9.16. The predicted molar refractivity (Wildman–Crippen MR) is 71.7 cm³/mol. The van der Waals surface area contributed by atoms with Crippen molar-refractivity contribution in [2.24, 2.45) is 11.1 Å². The minimum absolute atomic E-state index is 0.105. The van der Waals surface area contributed by atoms with Gasteiger partial charge in [0.25, 0.3) is 0 Å². The zero-order valence-corrected chi connectivity index (χ0v) is 12.3. The third-order valence-corrected chi connectivity index (χ3v) is 2.59. The molecule has 0 aromatic rings. The Morgan fingerprint density at radius 3 is 2.18 bits per heavy atom. The van der Waals surface area contributed by atoms with Gasteiger partial charge in [0, 0.05) is 6.04 Å². The number of hydrogen-bond donors (Lipinski definition) is 1. The van der Waals surface area contributed by atoms with E-state index in [1.807, 2.05) is 20.8 Å². The van der Waals surface area contributed by atoms with E-state index in [-0.39, 0.29) is 17.4 Å². The molecule has 0 radical (unpaired) electrons. The van der Waals surface area contributed by atoms with Gasteiger partial charge in [0.05, 0.1) is 6.42 Å². The quantitative estimate of drug-likeness (QED) is 0.728. The first-order chi connectivity index (χ1) is 7.56. The van der Waals surface area contributed by atoms with E-state index in [4.69, 9.17) is 10.5 Å². The molecule has 0 aliphatic rings. The fraction of sp³-hybridized carbons (Fsp3) is 0.929. The molecule has 0 aromatic heterocycles. The molecule has 0 amide bonds. The highest BCUT2D eigenvalue weighted by atomic mass is 16.6. The average Bonchev–Trinajstić information content (AvgIpc) is 1.96. The Morgan fingerprint density at radius 2 is 1.76 bits per heavy atom. The molecule has 0 aromatic carbocycles. The van der Waals surface area contributed by atoms with Gasteiger partial charge in [-0.2, -0.15) is 0 Å². The molecule has 0 heterocycles. The van der Waals surface area contributed by atoms with Gasteiger partial charge < -0.3 is 10.5 Å². The molecule has 2 N–H and O–H groups in total. The summed E-state index contributed by atoms with van der Waals surface area (Å²) in [5, 5.41) is 0. The van der Waals surface area contributed by atoms with Crippen molar-refractivity contribution in [3.63, 3.8) is 0 Å². The maximum atomic E-state index is 11.6. The van der Waals surface area contributed by atoms with Crippen molar-refractivity contribution in [3.8, 4) is 0 Å². The van der Waals surface area contributed by atoms with Crippen molar-refractivity contribution in [1.82, 2.24) is 0 Å². The summed E-state index contributed by atoms with van der Waals surface area (Å²) in [4.78, 5) is 11.6. The van der Waals surface area contributed by atoms with Gasteiger partial charge in [-0.1, -0.05) is 27.2 Å². The molecule has 102 valence electrons. The molecule has 0 aliphatic carbocycles. The van der Waals surface area contributed by atoms with Gasteiger partial charge >= 0.3 is 5.97 Å². The topological polar surface area (TPSA) is 52.3 Å². The lowest BCUT2D eigenvalue weighted by atomic mass is 9.81. The van der Waals surface area contributed by atoms with Crippen LogP contribution in [0.15, 0.2) is 0 Å². The Bertz CT molecular complexity index is 241. The van der Waals surface area contributed by atoms with Crippen molar-refractivity contribution >= 4 is 5.97 Å². The van der Waals surface area contributed by atoms with Crippen molar-refractivity contribution < 1.29 is 9.53 Å². The van der Waals surface area contributed by atoms with Gasteiger partial charge in [0.2, 0.25) is 0 Å². The molecule has 1 unspecified atom stereocenters. The average molecular weight is 243 g/mol. The molecule has 0 saturated carbocycles. The van der Waals surface area contributed by atoms with Crippen molar-refractivity contribution in [3.05, 3.63) is 0 Å². The summed E-state index contributed by atoms with van der Waals surface area (Å²) in [5.41, 5.74) is 5.79. The summed E-state index contributed by atoms with van der Waals surface area (Å²) in [6.45, 7) is 12.2. The van der Waals surface area contributed by atoms with E-state index in [1.165, 1.54) is 0 Å². The minimum atomic E-state index is -0.421. The van der Waals surface area contributed by atoms with Crippen molar-refractivity contribution in [2.75, 3.05) is 0 Å². The zero-order chi connectivity index (χ0) is 13.7. The summed E-state index contributed by atoms with van der Waals surface area (Å²) in [6, 6.07) is -0.105. The lowest BCUT2D eigenvalue weighted by Gasteiger charge is -2.28. The van der Waals surface area contributed by atoms with E-state index < -0.39 is 5.60 Å². The first kappa shape index (κ1) is 16.4. The van der Waals surface area contributed by atoms with E-state index in [2.05, 4.69) is 20.8 Å². The van der Waals surface area contributed by atoms with E-state index in [9.17, 15) is 4.79 Å². The highest BCUT2D eigenvalue weighted by Crippen LogP contribution is 2.28. The van der Waals surface area contributed by atoms with Gasteiger partial charge in [0.15, 0.2) is 0 Å². The number of ether oxygens (including phenoxy) is 1. The molecule has 0 rings (SSSR count). The van der Waals surface area contributed by atoms with Crippen LogP contribution in [0.4, 0.5) is 0 Å². The summed E-state index contributed by atoms with van der Waals surface area (Å²) in [5.74, 6) is -0.197. The maximum Gasteiger partial charge on any atom is 0.307 e. The lowest BCUT2D eigenvalue weighted by Crippen LogP contribution is -2.33. The van der Waals surface area contributed by atoms with Crippen LogP contribution in [0.3, 0.4) is 0 Å². The Kier molecular flexibility index (Phi) is 6.17. The Morgan fingerprint density at radius 1 is 1.24 bits per heavy atom. The molecule has 17 heavy (non-hydrogen) atoms. The summed E-state index contributed by atoms with van der Waals surface area (Å²) >= 11 is 0. The third-order valence-electron chi connectivity index (χ3n) is 2.59. The van der Waals surface area contributed by atoms with Gasteiger partial charge in [-0.3, -0.25) is 4.79 Å². The van der Waals surface area contributed by atoms with E-state index >= 15 is 0 Å². The van der Waals surface area contributed by atoms with Crippen molar-refractivity contribution in [1.29, 1.82) is 0 Å². The van der Waals surface area contributed by atoms with Crippen LogP contribution in [0.2, 0.25) is 0 Å². The number of carbonyl (C=O) groups excluding carboxylic acids is 1. The van der Waals surface area contributed by atoms with Gasteiger partial charge in [-0.15, -0.1) is 0 Å². The SMILES string of the molecule is CCCC(C)(C)CC(N)CC(=O)OC(C)(C)C. The van der Waals surface area contributed by atoms with Crippen LogP contribution in [0.1, 0.15) is 67.2 Å². The first-order valence-electron chi connectivity index (χ1n) is 6.53. The molecule has 0 spiro atoms. The van der Waals surface area contributed by atoms with Gasteiger partial charge in [-0.05, 0) is 39.0 Å². The smallest absolute Gasteiger partial charge is 0.307 e. The van der Waals surface area contributed by atoms with E-state index in [1.54, 1.807) is 0 Å². The molecule has 0 aliphatic heterocycles. The summed E-state index contributed by atoms with van der Waals surface area (Å²) in [7, 11) is 0. The summed E-state index contributed by atoms with van der Waals surface area (Å²) < 4.78 is 5.26. The molecule has 0 fully saturated rings.